The van der Waals surface area contributed by atoms with Gasteiger partial charge in [0, 0.05) is 27.4 Å². The van der Waals surface area contributed by atoms with Crippen molar-refractivity contribution in [2.45, 2.75) is 27.2 Å². The van der Waals surface area contributed by atoms with Gasteiger partial charge in [-0.05, 0) is 73.7 Å². The Morgan fingerprint density at radius 3 is 2.77 bits per heavy atom. The molecule has 0 bridgehead atoms. The number of rotatable bonds is 7. The second-order valence-electron chi connectivity index (χ2n) is 7.55. The fourth-order valence-corrected chi connectivity index (χ4v) is 5.83. The first-order valence-electron chi connectivity index (χ1n) is 10.0. The molecule has 7 heteroatoms. The molecule has 0 radical (unpaired) electrons. The predicted octanol–water partition coefficient (Wildman–Crippen LogP) is 6.53. The summed E-state index contributed by atoms with van der Waals surface area (Å²) in [5, 5.41) is 6.27. The molecule has 0 fully saturated rings. The van der Waals surface area contributed by atoms with Crippen LogP contribution in [0.1, 0.15) is 27.3 Å². The van der Waals surface area contributed by atoms with Crippen molar-refractivity contribution < 1.29 is 4.39 Å². The first kappa shape index (κ1) is 21.3. The van der Waals surface area contributed by atoms with Crippen LogP contribution in [-0.2, 0) is 6.42 Å². The van der Waals surface area contributed by atoms with Crippen LogP contribution in [0.15, 0.2) is 47.4 Å². The smallest absolute Gasteiger partial charge is 0.147 e. The van der Waals surface area contributed by atoms with E-state index >= 15 is 0 Å². The van der Waals surface area contributed by atoms with Gasteiger partial charge in [0.25, 0.3) is 0 Å². The second-order valence-corrected chi connectivity index (χ2v) is 9.51. The first-order chi connectivity index (χ1) is 14.9. The Morgan fingerprint density at radius 2 is 2.06 bits per heavy atom. The van der Waals surface area contributed by atoms with Gasteiger partial charge in [-0.3, -0.25) is 4.99 Å². The van der Waals surface area contributed by atoms with Crippen LogP contribution in [0.25, 0.3) is 20.7 Å². The third-order valence-electron chi connectivity index (χ3n) is 5.27. The number of halogens is 1. The zero-order valence-corrected chi connectivity index (χ0v) is 19.4. The summed E-state index contributed by atoms with van der Waals surface area (Å²) in [6.45, 7) is 10.4. The number of nitrogens with one attached hydrogen (secondary N) is 2. The third kappa shape index (κ3) is 4.16. The summed E-state index contributed by atoms with van der Waals surface area (Å²) >= 11 is 3.34. The number of H-pyrrole nitrogens is 1. The average Bonchev–Trinajstić information content (AvgIpc) is 3.43. The molecular formula is C24H25FN4S2. The maximum Gasteiger partial charge on any atom is 0.147 e. The Bertz CT molecular complexity index is 1290. The molecule has 0 aliphatic rings. The molecule has 0 saturated carbocycles. The van der Waals surface area contributed by atoms with E-state index in [0.717, 1.165) is 37.6 Å². The zero-order chi connectivity index (χ0) is 22.1. The van der Waals surface area contributed by atoms with E-state index in [1.54, 1.807) is 28.9 Å². The Labute approximate surface area is 189 Å². The Hall–Kier alpha value is -2.90. The number of aromatic nitrogens is 1. The molecule has 4 aromatic rings. The fraction of sp³-hybridized carbons (Fsp3) is 0.208. The number of fused-ring (bicyclic) bond motifs is 1. The summed E-state index contributed by atoms with van der Waals surface area (Å²) in [5.41, 5.74) is 12.2. The minimum absolute atomic E-state index is 0.229. The van der Waals surface area contributed by atoms with Gasteiger partial charge < -0.3 is 16.0 Å². The molecule has 160 valence electrons. The molecule has 1 aromatic carbocycles. The molecule has 0 atom stereocenters. The van der Waals surface area contributed by atoms with Gasteiger partial charge in [0.15, 0.2) is 0 Å². The van der Waals surface area contributed by atoms with Crippen LogP contribution in [0, 0.1) is 26.6 Å². The van der Waals surface area contributed by atoms with Gasteiger partial charge >= 0.3 is 0 Å². The van der Waals surface area contributed by atoms with Crippen LogP contribution in [0.5, 0.6) is 0 Å². The van der Waals surface area contributed by atoms with Gasteiger partial charge in [-0.2, -0.15) is 0 Å². The van der Waals surface area contributed by atoms with Crippen molar-refractivity contribution in [1.29, 1.82) is 0 Å². The van der Waals surface area contributed by atoms with Crippen LogP contribution < -0.4 is 11.1 Å². The van der Waals surface area contributed by atoms with Crippen molar-refractivity contribution in [3.63, 3.8) is 0 Å². The number of nitrogens with two attached hydrogens (primary N) is 1. The van der Waals surface area contributed by atoms with Crippen LogP contribution in [0.4, 0.5) is 10.1 Å². The number of benzene rings is 1. The first-order valence-corrected chi connectivity index (χ1v) is 11.7. The minimum atomic E-state index is -0.229. The number of amidine groups is 1. The highest BCUT2D eigenvalue weighted by Gasteiger charge is 2.16. The van der Waals surface area contributed by atoms with E-state index in [4.69, 9.17) is 5.73 Å². The minimum Gasteiger partial charge on any atom is -0.383 e. The second kappa shape index (κ2) is 8.69. The zero-order valence-electron chi connectivity index (χ0n) is 17.8. The Morgan fingerprint density at radius 1 is 1.26 bits per heavy atom. The lowest BCUT2D eigenvalue weighted by molar-refractivity contribution is 0.637. The summed E-state index contributed by atoms with van der Waals surface area (Å²) in [4.78, 5) is 11.1. The van der Waals surface area contributed by atoms with Crippen molar-refractivity contribution in [1.82, 2.24) is 4.98 Å². The number of hydrogen-bond donors (Lipinski definition) is 3. The van der Waals surface area contributed by atoms with Crippen molar-refractivity contribution in [2.75, 3.05) is 11.9 Å². The largest absolute Gasteiger partial charge is 0.383 e. The van der Waals surface area contributed by atoms with Gasteiger partial charge in [0.2, 0.25) is 0 Å². The highest BCUT2D eigenvalue weighted by molar-refractivity contribution is 7.22. The van der Waals surface area contributed by atoms with Crippen LogP contribution in [0.3, 0.4) is 0 Å². The standard InChI is InChI=1S/C24H25FN4S2/c1-5-27-18-11-20(19-10-13(2)12-30-19)31-23(18)24(26)28-9-8-16-15(4)29-22-17(25)7-6-14(3)21(16)22/h5-7,10-12,27,29H,1,8-9H2,2-4H3,(H2,26,28). The van der Waals surface area contributed by atoms with E-state index in [2.05, 4.69) is 46.3 Å². The summed E-state index contributed by atoms with van der Waals surface area (Å²) in [6, 6.07) is 7.59. The molecule has 4 rings (SSSR count). The summed E-state index contributed by atoms with van der Waals surface area (Å²) in [5.74, 6) is 0.266. The van der Waals surface area contributed by atoms with Gasteiger partial charge in [0.05, 0.1) is 16.1 Å². The molecule has 0 aliphatic heterocycles. The number of nitrogens with zero attached hydrogens (tertiary/aromatic N) is 1. The van der Waals surface area contributed by atoms with Crippen LogP contribution >= 0.6 is 22.7 Å². The monoisotopic (exact) mass is 452 g/mol. The maximum atomic E-state index is 14.2. The highest BCUT2D eigenvalue weighted by atomic mass is 32.1. The van der Waals surface area contributed by atoms with E-state index in [1.165, 1.54) is 16.5 Å². The summed E-state index contributed by atoms with van der Waals surface area (Å²) in [6.07, 6.45) is 2.33. The van der Waals surface area contributed by atoms with Crippen LogP contribution in [0.2, 0.25) is 0 Å². The quantitative estimate of drug-likeness (QED) is 0.221. The summed E-state index contributed by atoms with van der Waals surface area (Å²) < 4.78 is 14.2. The van der Waals surface area contributed by atoms with E-state index in [0.29, 0.717) is 24.3 Å². The highest BCUT2D eigenvalue weighted by Crippen LogP contribution is 2.38. The lowest BCUT2D eigenvalue weighted by Gasteiger charge is -2.05. The number of aryl methyl sites for hydroxylation is 3. The Balaban J connectivity index is 1.60. The van der Waals surface area contributed by atoms with E-state index in [-0.39, 0.29) is 5.82 Å². The molecule has 0 aliphatic carbocycles. The molecular weight excluding hydrogens is 427 g/mol. The number of aliphatic imine (C=N–C) groups is 1. The average molecular weight is 453 g/mol. The lowest BCUT2D eigenvalue weighted by Crippen LogP contribution is -2.14. The number of anilines is 1. The van der Waals surface area contributed by atoms with E-state index < -0.39 is 0 Å². The van der Waals surface area contributed by atoms with Gasteiger partial charge in [-0.25, -0.2) is 4.39 Å². The molecule has 0 amide bonds. The van der Waals surface area contributed by atoms with Gasteiger partial charge in [-0.15, -0.1) is 22.7 Å². The molecule has 0 unspecified atom stereocenters. The number of thiophene rings is 2. The molecule has 31 heavy (non-hydrogen) atoms. The van der Waals surface area contributed by atoms with Gasteiger partial charge in [0.1, 0.15) is 11.7 Å². The third-order valence-corrected chi connectivity index (χ3v) is 7.67. The predicted molar refractivity (Wildman–Crippen MR) is 133 cm³/mol. The van der Waals surface area contributed by atoms with Crippen molar-refractivity contribution >= 4 is 45.1 Å². The fourth-order valence-electron chi connectivity index (χ4n) is 3.80. The van der Waals surface area contributed by atoms with Crippen molar-refractivity contribution in [3.8, 4) is 9.75 Å². The summed E-state index contributed by atoms with van der Waals surface area (Å²) in [7, 11) is 0. The Kier molecular flexibility index (Phi) is 5.98. The molecule has 0 saturated heterocycles. The molecule has 4 nitrogen and oxygen atoms in total. The van der Waals surface area contributed by atoms with Crippen LogP contribution in [-0.4, -0.2) is 17.4 Å². The molecule has 0 spiro atoms. The van der Waals surface area contributed by atoms with Gasteiger partial charge in [-0.1, -0.05) is 12.6 Å². The SMILES string of the molecule is C=CNc1cc(-c2cc(C)cs2)sc1C(N)=NCCc1c(C)[nH]c2c(F)ccc(C)c12. The van der Waals surface area contributed by atoms with Crippen molar-refractivity contribution in [3.05, 3.63) is 75.5 Å². The number of aromatic amines is 1. The molecule has 3 aromatic heterocycles. The van der Waals surface area contributed by atoms with E-state index in [1.807, 2.05) is 19.9 Å². The molecule has 4 N–H and O–H groups in total. The topological polar surface area (TPSA) is 66.2 Å². The number of hydrogen-bond acceptors (Lipinski definition) is 4. The molecule has 3 heterocycles. The normalized spacial score (nSPS) is 11.9. The maximum absolute atomic E-state index is 14.2. The lowest BCUT2D eigenvalue weighted by atomic mass is 10.0. The van der Waals surface area contributed by atoms with E-state index in [9.17, 15) is 4.39 Å². The van der Waals surface area contributed by atoms with Crippen molar-refractivity contribution in [2.24, 2.45) is 10.7 Å².